The Morgan fingerprint density at radius 2 is 1.46 bits per heavy atom. The maximum atomic E-state index is 12.9. The number of ether oxygens (including phenoxy) is 1. The summed E-state index contributed by atoms with van der Waals surface area (Å²) in [6.07, 6.45) is 2.57. The minimum atomic E-state index is -3.66. The molecule has 1 saturated heterocycles. The molecule has 0 bridgehead atoms. The van der Waals surface area contributed by atoms with Crippen LogP contribution in [0.2, 0.25) is 0 Å². The molecule has 4 rings (SSSR count). The van der Waals surface area contributed by atoms with Crippen LogP contribution in [-0.2, 0) is 23.8 Å². The van der Waals surface area contributed by atoms with E-state index in [1.165, 1.54) is 6.08 Å². The van der Waals surface area contributed by atoms with Gasteiger partial charge in [-0.3, -0.25) is 4.18 Å². The fourth-order valence-corrected chi connectivity index (χ4v) is 7.00. The predicted octanol–water partition coefficient (Wildman–Crippen LogP) is 5.45. The summed E-state index contributed by atoms with van der Waals surface area (Å²) in [6.45, 7) is 3.96. The molecule has 0 spiro atoms. The van der Waals surface area contributed by atoms with Crippen LogP contribution in [0, 0.1) is 0 Å². The van der Waals surface area contributed by atoms with Crippen molar-refractivity contribution in [3.05, 3.63) is 120 Å². The van der Waals surface area contributed by atoms with Gasteiger partial charge in [0.15, 0.2) is 0 Å². The van der Waals surface area contributed by atoms with Crippen LogP contribution < -0.4 is 0 Å². The van der Waals surface area contributed by atoms with Crippen molar-refractivity contribution in [1.82, 2.24) is 4.90 Å². The van der Waals surface area contributed by atoms with E-state index in [4.69, 9.17) is 8.92 Å². The van der Waals surface area contributed by atoms with Crippen LogP contribution in [0.15, 0.2) is 104 Å². The first-order valence-corrected chi connectivity index (χ1v) is 14.8. The SMILES string of the molecule is C=CCOC(=O)N1C[C@@H](SC(c2ccccc2)(c2ccccc2)c2ccccc2)C[C@H]1COS(C)(=O)=O. The third kappa shape index (κ3) is 6.44. The van der Waals surface area contributed by atoms with Gasteiger partial charge < -0.3 is 9.64 Å². The number of thioether (sulfide) groups is 1. The molecule has 0 N–H and O–H groups in total. The number of likely N-dealkylation sites (tertiary alicyclic amines) is 1. The number of hydrogen-bond donors (Lipinski definition) is 0. The largest absolute Gasteiger partial charge is 0.445 e. The molecule has 1 amide bonds. The van der Waals surface area contributed by atoms with E-state index in [9.17, 15) is 13.2 Å². The van der Waals surface area contributed by atoms with Crippen LogP contribution >= 0.6 is 11.8 Å². The van der Waals surface area contributed by atoms with Crippen LogP contribution in [-0.4, -0.2) is 56.7 Å². The molecule has 6 nitrogen and oxygen atoms in total. The Morgan fingerprint density at radius 3 is 1.89 bits per heavy atom. The molecule has 2 atom stereocenters. The van der Waals surface area contributed by atoms with E-state index in [-0.39, 0.29) is 18.5 Å². The van der Waals surface area contributed by atoms with Crippen molar-refractivity contribution >= 4 is 28.0 Å². The average Bonchev–Trinajstić information content (AvgIpc) is 3.33. The Bertz CT molecular complexity index is 1190. The summed E-state index contributed by atoms with van der Waals surface area (Å²) in [5.74, 6) is 0. The summed E-state index contributed by atoms with van der Waals surface area (Å²) in [5, 5.41) is -0.0231. The van der Waals surface area contributed by atoms with Crippen molar-refractivity contribution in [2.24, 2.45) is 0 Å². The highest BCUT2D eigenvalue weighted by Crippen LogP contribution is 2.52. The van der Waals surface area contributed by atoms with Gasteiger partial charge in [-0.2, -0.15) is 8.42 Å². The average molecular weight is 538 g/mol. The third-order valence-electron chi connectivity index (χ3n) is 6.29. The van der Waals surface area contributed by atoms with Crippen molar-refractivity contribution in [2.75, 3.05) is 26.0 Å². The van der Waals surface area contributed by atoms with Crippen LogP contribution in [0.4, 0.5) is 4.79 Å². The molecule has 1 aliphatic heterocycles. The zero-order valence-electron chi connectivity index (χ0n) is 20.7. The topological polar surface area (TPSA) is 72.9 Å². The van der Waals surface area contributed by atoms with Gasteiger partial charge in [0.2, 0.25) is 0 Å². The number of carbonyl (C=O) groups is 1. The van der Waals surface area contributed by atoms with Crippen molar-refractivity contribution in [3.8, 4) is 0 Å². The lowest BCUT2D eigenvalue weighted by Crippen LogP contribution is -2.39. The van der Waals surface area contributed by atoms with Gasteiger partial charge in [0.05, 0.1) is 23.7 Å². The lowest BCUT2D eigenvalue weighted by atomic mass is 9.84. The van der Waals surface area contributed by atoms with E-state index < -0.39 is 27.0 Å². The molecule has 37 heavy (non-hydrogen) atoms. The molecular weight excluding hydrogens is 506 g/mol. The molecule has 1 aliphatic rings. The van der Waals surface area contributed by atoms with Gasteiger partial charge in [-0.25, -0.2) is 4.79 Å². The first-order chi connectivity index (χ1) is 17.8. The fraction of sp³-hybridized carbons (Fsp3) is 0.276. The standard InChI is InChI=1S/C29H31NO5S2/c1-3-19-34-28(31)30-21-27(20-26(30)22-35-37(2,32)33)36-29(23-13-7-4-8-14-23,24-15-9-5-10-16-24)25-17-11-6-12-18-25/h3-18,26-27H,1,19-22H2,2H3/t26-,27-/m0/s1. The van der Waals surface area contributed by atoms with Gasteiger partial charge in [0.25, 0.3) is 10.1 Å². The van der Waals surface area contributed by atoms with Gasteiger partial charge in [0.1, 0.15) is 6.61 Å². The normalized spacial score (nSPS) is 17.9. The zero-order valence-corrected chi connectivity index (χ0v) is 22.4. The molecule has 1 fully saturated rings. The molecule has 3 aromatic carbocycles. The van der Waals surface area contributed by atoms with Gasteiger partial charge in [0, 0.05) is 11.8 Å². The second kappa shape index (κ2) is 12.0. The molecule has 8 heteroatoms. The van der Waals surface area contributed by atoms with Crippen molar-refractivity contribution in [2.45, 2.75) is 22.5 Å². The number of benzene rings is 3. The molecule has 194 valence electrons. The lowest BCUT2D eigenvalue weighted by molar-refractivity contribution is 0.0969. The Hall–Kier alpha value is -3.07. The maximum Gasteiger partial charge on any atom is 0.410 e. The number of hydrogen-bond acceptors (Lipinski definition) is 6. The summed E-state index contributed by atoms with van der Waals surface area (Å²) < 4.78 is 33.3. The second-order valence-electron chi connectivity index (χ2n) is 8.92. The van der Waals surface area contributed by atoms with Gasteiger partial charge in [-0.05, 0) is 23.1 Å². The van der Waals surface area contributed by atoms with Crippen molar-refractivity contribution < 1.29 is 22.1 Å². The molecule has 0 unspecified atom stereocenters. The molecular formula is C29H31NO5S2. The van der Waals surface area contributed by atoms with Crippen molar-refractivity contribution in [3.63, 3.8) is 0 Å². The number of rotatable bonds is 10. The highest BCUT2D eigenvalue weighted by molar-refractivity contribution is 8.01. The minimum Gasteiger partial charge on any atom is -0.445 e. The first-order valence-electron chi connectivity index (χ1n) is 12.1. The van der Waals surface area contributed by atoms with E-state index in [0.29, 0.717) is 13.0 Å². The highest BCUT2D eigenvalue weighted by atomic mass is 32.2. The summed E-state index contributed by atoms with van der Waals surface area (Å²) in [4.78, 5) is 14.5. The molecule has 0 aliphatic carbocycles. The summed E-state index contributed by atoms with van der Waals surface area (Å²) in [7, 11) is -3.66. The highest BCUT2D eigenvalue weighted by Gasteiger charge is 2.44. The Labute approximate surface area is 223 Å². The van der Waals surface area contributed by atoms with E-state index in [0.717, 1.165) is 22.9 Å². The van der Waals surface area contributed by atoms with E-state index in [2.05, 4.69) is 43.0 Å². The summed E-state index contributed by atoms with van der Waals surface area (Å²) in [5.41, 5.74) is 3.36. The maximum absolute atomic E-state index is 12.9. The molecule has 0 aromatic heterocycles. The van der Waals surface area contributed by atoms with Crippen LogP contribution in [0.25, 0.3) is 0 Å². The van der Waals surface area contributed by atoms with Crippen LogP contribution in [0.5, 0.6) is 0 Å². The van der Waals surface area contributed by atoms with E-state index >= 15 is 0 Å². The first kappa shape index (κ1) is 27.0. The minimum absolute atomic E-state index is 0.0231. The van der Waals surface area contributed by atoms with Gasteiger partial charge in [-0.1, -0.05) is 104 Å². The molecule has 3 aromatic rings. The smallest absolute Gasteiger partial charge is 0.410 e. The fourth-order valence-electron chi connectivity index (χ4n) is 4.73. The number of nitrogens with zero attached hydrogens (tertiary/aromatic N) is 1. The Balaban J connectivity index is 1.75. The second-order valence-corrected chi connectivity index (χ2v) is 12.1. The monoisotopic (exact) mass is 537 g/mol. The van der Waals surface area contributed by atoms with E-state index in [1.807, 2.05) is 54.6 Å². The van der Waals surface area contributed by atoms with Crippen LogP contribution in [0.3, 0.4) is 0 Å². The van der Waals surface area contributed by atoms with Crippen LogP contribution in [0.1, 0.15) is 23.1 Å². The molecule has 1 heterocycles. The number of carbonyl (C=O) groups excluding carboxylic acids is 1. The summed E-state index contributed by atoms with van der Waals surface area (Å²) in [6, 6.07) is 30.5. The van der Waals surface area contributed by atoms with Crippen molar-refractivity contribution in [1.29, 1.82) is 0 Å². The van der Waals surface area contributed by atoms with Gasteiger partial charge >= 0.3 is 6.09 Å². The lowest BCUT2D eigenvalue weighted by Gasteiger charge is -2.37. The molecule has 0 radical (unpaired) electrons. The quantitative estimate of drug-likeness (QED) is 0.194. The Morgan fingerprint density at radius 1 is 0.973 bits per heavy atom. The summed E-state index contributed by atoms with van der Waals surface area (Å²) >= 11 is 1.77. The molecule has 0 saturated carbocycles. The van der Waals surface area contributed by atoms with E-state index in [1.54, 1.807) is 16.7 Å². The third-order valence-corrected chi connectivity index (χ3v) is 8.59. The predicted molar refractivity (Wildman–Crippen MR) is 148 cm³/mol. The van der Waals surface area contributed by atoms with Gasteiger partial charge in [-0.15, -0.1) is 11.8 Å². The zero-order chi connectivity index (χ0) is 26.3. The Kier molecular flexibility index (Phi) is 8.74. The number of amides is 1.